The minimum Gasteiger partial charge on any atom is -0.465 e. The molecule has 0 aliphatic carbocycles. The van der Waals surface area contributed by atoms with Crippen LogP contribution < -0.4 is 9.80 Å². The van der Waals surface area contributed by atoms with Gasteiger partial charge < -0.3 is 14.5 Å². The molecule has 0 radical (unpaired) electrons. The predicted octanol–water partition coefficient (Wildman–Crippen LogP) is 2.82. The molecule has 1 saturated heterocycles. The molecule has 0 unspecified atom stereocenters. The Morgan fingerprint density at radius 2 is 1.85 bits per heavy atom. The molecular weight excluding hydrogens is 362 g/mol. The van der Waals surface area contributed by atoms with E-state index in [2.05, 4.69) is 37.7 Å². The second kappa shape index (κ2) is 7.11. The molecule has 0 N–H and O–H groups in total. The summed E-state index contributed by atoms with van der Waals surface area (Å²) in [6.45, 7) is 7.35. The number of hydrogen-bond acceptors (Lipinski definition) is 8. The lowest BCUT2D eigenvalue weighted by Gasteiger charge is -2.36. The third-order valence-corrected chi connectivity index (χ3v) is 5.77. The summed E-state index contributed by atoms with van der Waals surface area (Å²) in [5, 5.41) is 1.13. The maximum absolute atomic E-state index is 11.7. The number of ether oxygens (including phenoxy) is 1. The lowest BCUT2D eigenvalue weighted by atomic mass is 10.2. The summed E-state index contributed by atoms with van der Waals surface area (Å²) in [6.07, 6.45) is 1.65. The van der Waals surface area contributed by atoms with Gasteiger partial charge in [0.25, 0.3) is 0 Å². The van der Waals surface area contributed by atoms with Gasteiger partial charge in [0.05, 0.1) is 23.8 Å². The number of nitrogens with zero attached hydrogens (tertiary/aromatic N) is 5. The number of pyridine rings is 1. The van der Waals surface area contributed by atoms with Crippen molar-refractivity contribution in [2.45, 2.75) is 13.8 Å². The molecule has 0 atom stereocenters. The average molecular weight is 383 g/mol. The van der Waals surface area contributed by atoms with E-state index in [9.17, 15) is 4.79 Å². The molecular formula is C19H21N5O2S. The van der Waals surface area contributed by atoms with Crippen LogP contribution in [-0.4, -0.2) is 54.2 Å². The molecule has 3 aromatic heterocycles. The van der Waals surface area contributed by atoms with E-state index in [4.69, 9.17) is 4.74 Å². The topological polar surface area (TPSA) is 71.5 Å². The predicted molar refractivity (Wildman–Crippen MR) is 107 cm³/mol. The molecule has 0 spiro atoms. The summed E-state index contributed by atoms with van der Waals surface area (Å²) < 4.78 is 4.79. The summed E-state index contributed by atoms with van der Waals surface area (Å²) in [5.41, 5.74) is 1.20. The zero-order chi connectivity index (χ0) is 19.0. The van der Waals surface area contributed by atoms with Crippen LogP contribution in [0.15, 0.2) is 24.5 Å². The summed E-state index contributed by atoms with van der Waals surface area (Å²) >= 11 is 1.70. The van der Waals surface area contributed by atoms with Gasteiger partial charge in [-0.15, -0.1) is 11.3 Å². The number of carbonyl (C=O) groups excluding carboxylic acids is 1. The number of rotatable bonds is 3. The van der Waals surface area contributed by atoms with Crippen molar-refractivity contribution in [3.05, 3.63) is 40.7 Å². The smallest absolute Gasteiger partial charge is 0.339 e. The summed E-state index contributed by atoms with van der Waals surface area (Å²) in [4.78, 5) is 32.1. The van der Waals surface area contributed by atoms with E-state index in [0.29, 0.717) is 11.3 Å². The molecule has 1 aliphatic rings. The van der Waals surface area contributed by atoms with Crippen LogP contribution in [0.1, 0.15) is 20.9 Å². The Morgan fingerprint density at radius 3 is 2.56 bits per heavy atom. The highest BCUT2D eigenvalue weighted by molar-refractivity contribution is 7.18. The number of piperazine rings is 1. The van der Waals surface area contributed by atoms with Crippen LogP contribution in [0, 0.1) is 13.8 Å². The molecule has 0 saturated carbocycles. The first-order chi connectivity index (χ1) is 13.1. The van der Waals surface area contributed by atoms with E-state index in [1.165, 1.54) is 12.0 Å². The molecule has 0 bridgehead atoms. The third-order valence-electron chi connectivity index (χ3n) is 4.81. The third kappa shape index (κ3) is 3.32. The zero-order valence-electron chi connectivity index (χ0n) is 15.6. The number of hydrogen-bond donors (Lipinski definition) is 0. The molecule has 4 rings (SSSR count). The van der Waals surface area contributed by atoms with Gasteiger partial charge in [-0.2, -0.15) is 0 Å². The number of carbonyl (C=O) groups is 1. The van der Waals surface area contributed by atoms with Gasteiger partial charge in [-0.25, -0.2) is 19.7 Å². The minimum atomic E-state index is -0.352. The van der Waals surface area contributed by atoms with Crippen LogP contribution in [0.2, 0.25) is 0 Å². The zero-order valence-corrected chi connectivity index (χ0v) is 16.4. The first-order valence-electron chi connectivity index (χ1n) is 8.84. The van der Waals surface area contributed by atoms with Gasteiger partial charge in [0.2, 0.25) is 0 Å². The van der Waals surface area contributed by atoms with Gasteiger partial charge in [0.1, 0.15) is 22.8 Å². The molecule has 0 amide bonds. The monoisotopic (exact) mass is 383 g/mol. The Kier molecular flexibility index (Phi) is 4.65. The fourth-order valence-corrected chi connectivity index (χ4v) is 4.25. The number of aromatic nitrogens is 3. The lowest BCUT2D eigenvalue weighted by Crippen LogP contribution is -2.47. The number of aryl methyl sites for hydroxylation is 2. The largest absolute Gasteiger partial charge is 0.465 e. The van der Waals surface area contributed by atoms with E-state index in [1.54, 1.807) is 23.7 Å². The van der Waals surface area contributed by atoms with Crippen molar-refractivity contribution in [1.82, 2.24) is 15.0 Å². The lowest BCUT2D eigenvalue weighted by molar-refractivity contribution is 0.0599. The Hall–Kier alpha value is -2.74. The highest BCUT2D eigenvalue weighted by Gasteiger charge is 2.22. The van der Waals surface area contributed by atoms with Gasteiger partial charge in [-0.05, 0) is 32.0 Å². The molecule has 7 nitrogen and oxygen atoms in total. The van der Waals surface area contributed by atoms with E-state index in [0.717, 1.165) is 48.0 Å². The van der Waals surface area contributed by atoms with E-state index in [-0.39, 0.29) is 5.97 Å². The SMILES string of the molecule is COC(=O)c1ccc(N2CCN(c3ncnc4sc(C)cc34)CC2)nc1C. The minimum absolute atomic E-state index is 0.352. The number of anilines is 2. The number of methoxy groups -OCH3 is 1. The molecule has 1 fully saturated rings. The van der Waals surface area contributed by atoms with Crippen molar-refractivity contribution in [2.75, 3.05) is 43.1 Å². The van der Waals surface area contributed by atoms with E-state index in [1.807, 2.05) is 13.0 Å². The standard InChI is InChI=1S/C19H21N5O2S/c1-12-10-15-17(20-11-21-18(15)27-12)24-8-6-23(7-9-24)16-5-4-14(13(2)22-16)19(25)26-3/h4-5,10-11H,6-9H2,1-3H3. The Bertz CT molecular complexity index is 995. The molecule has 140 valence electrons. The molecule has 3 aromatic rings. The van der Waals surface area contributed by atoms with Crippen LogP contribution in [0.5, 0.6) is 0 Å². The van der Waals surface area contributed by atoms with Gasteiger partial charge >= 0.3 is 5.97 Å². The quantitative estimate of drug-likeness (QED) is 0.644. The van der Waals surface area contributed by atoms with Crippen molar-refractivity contribution in [3.63, 3.8) is 0 Å². The van der Waals surface area contributed by atoms with Gasteiger partial charge in [0.15, 0.2) is 0 Å². The fraction of sp³-hybridized carbons (Fsp3) is 0.368. The van der Waals surface area contributed by atoms with Crippen molar-refractivity contribution in [1.29, 1.82) is 0 Å². The van der Waals surface area contributed by atoms with Crippen LogP contribution in [0.4, 0.5) is 11.6 Å². The highest BCUT2D eigenvalue weighted by Crippen LogP contribution is 2.30. The molecule has 0 aromatic carbocycles. The maximum atomic E-state index is 11.7. The number of thiophene rings is 1. The summed E-state index contributed by atoms with van der Waals surface area (Å²) in [6, 6.07) is 5.84. The van der Waals surface area contributed by atoms with E-state index < -0.39 is 0 Å². The second-order valence-electron chi connectivity index (χ2n) is 6.54. The Balaban J connectivity index is 1.50. The van der Waals surface area contributed by atoms with Crippen LogP contribution in [0.3, 0.4) is 0 Å². The van der Waals surface area contributed by atoms with Crippen molar-refractivity contribution in [2.24, 2.45) is 0 Å². The van der Waals surface area contributed by atoms with Gasteiger partial charge in [-0.1, -0.05) is 0 Å². The first-order valence-corrected chi connectivity index (χ1v) is 9.65. The van der Waals surface area contributed by atoms with Crippen LogP contribution in [0.25, 0.3) is 10.2 Å². The first kappa shape index (κ1) is 17.7. The highest BCUT2D eigenvalue weighted by atomic mass is 32.1. The van der Waals surface area contributed by atoms with Crippen molar-refractivity contribution < 1.29 is 9.53 Å². The second-order valence-corrected chi connectivity index (χ2v) is 7.78. The normalized spacial score (nSPS) is 14.6. The fourth-order valence-electron chi connectivity index (χ4n) is 3.41. The molecule has 27 heavy (non-hydrogen) atoms. The Morgan fingerprint density at radius 1 is 1.11 bits per heavy atom. The summed E-state index contributed by atoms with van der Waals surface area (Å²) in [5.74, 6) is 1.54. The van der Waals surface area contributed by atoms with E-state index >= 15 is 0 Å². The van der Waals surface area contributed by atoms with Crippen LogP contribution in [-0.2, 0) is 4.74 Å². The molecule has 1 aliphatic heterocycles. The number of fused-ring (bicyclic) bond motifs is 1. The van der Waals surface area contributed by atoms with Gasteiger partial charge in [0, 0.05) is 31.1 Å². The molecule has 8 heteroatoms. The maximum Gasteiger partial charge on any atom is 0.339 e. The van der Waals surface area contributed by atoms with Crippen molar-refractivity contribution in [3.8, 4) is 0 Å². The Labute approximate surface area is 161 Å². The molecule has 4 heterocycles. The number of esters is 1. The van der Waals surface area contributed by atoms with Gasteiger partial charge in [-0.3, -0.25) is 0 Å². The average Bonchev–Trinajstić information content (AvgIpc) is 3.07. The summed E-state index contributed by atoms with van der Waals surface area (Å²) in [7, 11) is 1.38. The van der Waals surface area contributed by atoms with Crippen molar-refractivity contribution >= 4 is 39.2 Å². The van der Waals surface area contributed by atoms with Crippen LogP contribution >= 0.6 is 11.3 Å².